The van der Waals surface area contributed by atoms with Crippen LogP contribution in [-0.4, -0.2) is 49.4 Å². The maximum Gasteiger partial charge on any atom is 0.279 e. The molecule has 0 bridgehead atoms. The molecule has 2 rings (SSSR count). The summed E-state index contributed by atoms with van der Waals surface area (Å²) in [5.74, 6) is 0.0237. The van der Waals surface area contributed by atoms with E-state index < -0.39 is 0 Å². The van der Waals surface area contributed by atoms with Gasteiger partial charge in [-0.15, -0.1) is 0 Å². The first kappa shape index (κ1) is 16.5. The lowest BCUT2D eigenvalue weighted by Gasteiger charge is -2.19. The molecule has 5 nitrogen and oxygen atoms in total. The van der Waals surface area contributed by atoms with Crippen LogP contribution in [0.3, 0.4) is 0 Å². The number of carbonyl (C=O) groups is 2. The number of nitrogens with one attached hydrogen (secondary N) is 2. The third-order valence-corrected chi connectivity index (χ3v) is 4.17. The molecule has 1 aromatic rings. The van der Waals surface area contributed by atoms with Gasteiger partial charge in [0.2, 0.25) is 0 Å². The van der Waals surface area contributed by atoms with Crippen LogP contribution in [0.25, 0.3) is 0 Å². The van der Waals surface area contributed by atoms with Crippen molar-refractivity contribution in [1.82, 2.24) is 4.90 Å². The molecule has 1 saturated heterocycles. The van der Waals surface area contributed by atoms with Crippen molar-refractivity contribution in [3.05, 3.63) is 29.8 Å². The highest BCUT2D eigenvalue weighted by molar-refractivity contribution is 5.97. The Morgan fingerprint density at radius 1 is 1.18 bits per heavy atom. The Morgan fingerprint density at radius 3 is 2.50 bits per heavy atom. The van der Waals surface area contributed by atoms with Gasteiger partial charge < -0.3 is 15.1 Å². The van der Waals surface area contributed by atoms with Crippen LogP contribution >= 0.6 is 0 Å². The molecule has 0 radical (unpaired) electrons. The monoisotopic (exact) mass is 304 g/mol. The molecule has 2 N–H and O–H groups in total. The molecule has 1 fully saturated rings. The SMILES string of the molecule is CCN(CC)C(=O)c1cccc(NC(=O)C[NH+]2CCCC2)c1. The Morgan fingerprint density at radius 2 is 1.86 bits per heavy atom. The lowest BCUT2D eigenvalue weighted by Crippen LogP contribution is -3.11. The average Bonchev–Trinajstić information content (AvgIpc) is 3.01. The van der Waals surface area contributed by atoms with E-state index in [4.69, 9.17) is 0 Å². The first-order valence-corrected chi connectivity index (χ1v) is 8.16. The molecule has 1 aromatic carbocycles. The Kier molecular flexibility index (Phi) is 5.95. The second-order valence-corrected chi connectivity index (χ2v) is 5.74. The minimum Gasteiger partial charge on any atom is -0.339 e. The van der Waals surface area contributed by atoms with Gasteiger partial charge in [-0.3, -0.25) is 9.59 Å². The topological polar surface area (TPSA) is 53.9 Å². The zero-order valence-corrected chi connectivity index (χ0v) is 13.5. The number of benzene rings is 1. The fourth-order valence-corrected chi connectivity index (χ4v) is 2.91. The van der Waals surface area contributed by atoms with E-state index in [0.29, 0.717) is 30.9 Å². The van der Waals surface area contributed by atoms with Crippen molar-refractivity contribution in [2.75, 3.05) is 38.0 Å². The van der Waals surface area contributed by atoms with Crippen molar-refractivity contribution in [3.8, 4) is 0 Å². The highest BCUT2D eigenvalue weighted by Crippen LogP contribution is 2.12. The third kappa shape index (κ3) is 4.31. The van der Waals surface area contributed by atoms with Gasteiger partial charge in [-0.1, -0.05) is 6.07 Å². The summed E-state index contributed by atoms with van der Waals surface area (Å²) in [6.45, 7) is 7.96. The molecule has 5 heteroatoms. The highest BCUT2D eigenvalue weighted by Gasteiger charge is 2.19. The average molecular weight is 304 g/mol. The quantitative estimate of drug-likeness (QED) is 0.816. The molecule has 120 valence electrons. The van der Waals surface area contributed by atoms with Gasteiger partial charge in [0.15, 0.2) is 6.54 Å². The second-order valence-electron chi connectivity index (χ2n) is 5.74. The third-order valence-electron chi connectivity index (χ3n) is 4.17. The minimum atomic E-state index is 0.00580. The predicted octanol–water partition coefficient (Wildman–Crippen LogP) is 0.786. The molecule has 1 aliphatic heterocycles. The zero-order chi connectivity index (χ0) is 15.9. The van der Waals surface area contributed by atoms with E-state index >= 15 is 0 Å². The second kappa shape index (κ2) is 7.94. The number of hydrogen-bond donors (Lipinski definition) is 2. The molecule has 0 aliphatic carbocycles. The number of amides is 2. The summed E-state index contributed by atoms with van der Waals surface area (Å²) >= 11 is 0. The Balaban J connectivity index is 1.98. The minimum absolute atomic E-state index is 0.00580. The fourth-order valence-electron chi connectivity index (χ4n) is 2.91. The van der Waals surface area contributed by atoms with Gasteiger partial charge in [0.05, 0.1) is 13.1 Å². The lowest BCUT2D eigenvalue weighted by molar-refractivity contribution is -0.878. The van der Waals surface area contributed by atoms with Crippen LogP contribution in [-0.2, 0) is 4.79 Å². The molecule has 0 unspecified atom stereocenters. The number of likely N-dealkylation sites (tertiary alicyclic amines) is 1. The van der Waals surface area contributed by atoms with E-state index in [1.54, 1.807) is 17.0 Å². The van der Waals surface area contributed by atoms with E-state index in [0.717, 1.165) is 13.1 Å². The van der Waals surface area contributed by atoms with Crippen molar-refractivity contribution >= 4 is 17.5 Å². The summed E-state index contributed by atoms with van der Waals surface area (Å²) in [7, 11) is 0. The maximum atomic E-state index is 12.3. The molecule has 1 heterocycles. The van der Waals surface area contributed by atoms with Gasteiger partial charge >= 0.3 is 0 Å². The van der Waals surface area contributed by atoms with Gasteiger partial charge in [-0.2, -0.15) is 0 Å². The number of anilines is 1. The van der Waals surface area contributed by atoms with Crippen LogP contribution in [0.15, 0.2) is 24.3 Å². The Labute approximate surface area is 132 Å². The lowest BCUT2D eigenvalue weighted by atomic mass is 10.1. The van der Waals surface area contributed by atoms with Gasteiger partial charge in [-0.25, -0.2) is 0 Å². The first-order chi connectivity index (χ1) is 10.6. The summed E-state index contributed by atoms with van der Waals surface area (Å²) in [5, 5.41) is 2.91. The van der Waals surface area contributed by atoms with Gasteiger partial charge in [0, 0.05) is 37.2 Å². The molecule has 2 amide bonds. The Bertz CT molecular complexity index is 520. The number of quaternary nitrogens is 1. The van der Waals surface area contributed by atoms with Crippen LogP contribution in [0.2, 0.25) is 0 Å². The van der Waals surface area contributed by atoms with E-state index in [1.165, 1.54) is 17.7 Å². The standard InChI is InChI=1S/C17H25N3O2/c1-3-20(4-2)17(22)14-8-7-9-15(12-14)18-16(21)13-19-10-5-6-11-19/h7-9,12H,3-6,10-11,13H2,1-2H3,(H,18,21)/p+1. The van der Waals surface area contributed by atoms with Crippen LogP contribution in [0.1, 0.15) is 37.0 Å². The number of nitrogens with zero attached hydrogens (tertiary/aromatic N) is 1. The van der Waals surface area contributed by atoms with Crippen molar-refractivity contribution in [3.63, 3.8) is 0 Å². The zero-order valence-electron chi connectivity index (χ0n) is 13.5. The molecule has 0 aromatic heterocycles. The summed E-state index contributed by atoms with van der Waals surface area (Å²) in [6.07, 6.45) is 2.41. The fraction of sp³-hybridized carbons (Fsp3) is 0.529. The van der Waals surface area contributed by atoms with Gasteiger partial charge in [0.25, 0.3) is 11.8 Å². The molecule has 1 aliphatic rings. The number of hydrogen-bond acceptors (Lipinski definition) is 2. The van der Waals surface area contributed by atoms with E-state index in [2.05, 4.69) is 5.32 Å². The summed E-state index contributed by atoms with van der Waals surface area (Å²) < 4.78 is 0. The van der Waals surface area contributed by atoms with Crippen LogP contribution in [0.5, 0.6) is 0 Å². The molecule has 22 heavy (non-hydrogen) atoms. The summed E-state index contributed by atoms with van der Waals surface area (Å²) in [5.41, 5.74) is 1.32. The van der Waals surface area contributed by atoms with E-state index in [9.17, 15) is 9.59 Å². The smallest absolute Gasteiger partial charge is 0.279 e. The van der Waals surface area contributed by atoms with Gasteiger partial charge in [0.1, 0.15) is 0 Å². The van der Waals surface area contributed by atoms with E-state index in [-0.39, 0.29) is 11.8 Å². The van der Waals surface area contributed by atoms with Gasteiger partial charge in [-0.05, 0) is 32.0 Å². The van der Waals surface area contributed by atoms with Crippen molar-refractivity contribution in [2.24, 2.45) is 0 Å². The van der Waals surface area contributed by atoms with Crippen LogP contribution in [0.4, 0.5) is 5.69 Å². The molecular formula is C17H26N3O2+. The molecular weight excluding hydrogens is 278 g/mol. The van der Waals surface area contributed by atoms with Crippen molar-refractivity contribution in [2.45, 2.75) is 26.7 Å². The predicted molar refractivity (Wildman–Crippen MR) is 87.1 cm³/mol. The Hall–Kier alpha value is -1.88. The van der Waals surface area contributed by atoms with Crippen LogP contribution < -0.4 is 10.2 Å². The molecule has 0 spiro atoms. The first-order valence-electron chi connectivity index (χ1n) is 8.16. The number of carbonyl (C=O) groups excluding carboxylic acids is 2. The van der Waals surface area contributed by atoms with Crippen LogP contribution in [0, 0.1) is 0 Å². The highest BCUT2D eigenvalue weighted by atomic mass is 16.2. The largest absolute Gasteiger partial charge is 0.339 e. The summed E-state index contributed by atoms with van der Waals surface area (Å²) in [4.78, 5) is 27.5. The number of rotatable bonds is 6. The van der Waals surface area contributed by atoms with Crippen molar-refractivity contribution in [1.29, 1.82) is 0 Å². The van der Waals surface area contributed by atoms with Crippen molar-refractivity contribution < 1.29 is 14.5 Å². The van der Waals surface area contributed by atoms with E-state index in [1.807, 2.05) is 26.0 Å². The molecule has 0 atom stereocenters. The normalized spacial score (nSPS) is 14.8. The summed E-state index contributed by atoms with van der Waals surface area (Å²) in [6, 6.07) is 7.20. The molecule has 0 saturated carbocycles. The maximum absolute atomic E-state index is 12.3.